The summed E-state index contributed by atoms with van der Waals surface area (Å²) in [5, 5.41) is 2.10. The zero-order chi connectivity index (χ0) is 9.97. The Balaban J connectivity index is 2.36. The van der Waals surface area contributed by atoms with E-state index in [1.807, 2.05) is 29.7 Å². The third-order valence-electron chi connectivity index (χ3n) is 2.12. The zero-order valence-electron chi connectivity index (χ0n) is 7.82. The van der Waals surface area contributed by atoms with Gasteiger partial charge in [-0.25, -0.2) is 0 Å². The molecule has 0 unspecified atom stereocenters. The molecule has 0 aromatic heterocycles. The molecule has 1 heterocycles. The molecule has 0 spiro atoms. The Bertz CT molecular complexity index is 396. The topological polar surface area (TPSA) is 26.3 Å². The molecule has 0 aliphatic carbocycles. The van der Waals surface area contributed by atoms with Crippen LogP contribution < -0.4 is 4.74 Å². The summed E-state index contributed by atoms with van der Waals surface area (Å²) in [7, 11) is 1.64. The van der Waals surface area contributed by atoms with Crippen molar-refractivity contribution in [2.75, 3.05) is 7.11 Å². The van der Waals surface area contributed by atoms with Crippen LogP contribution >= 0.6 is 11.8 Å². The predicted octanol–water partition coefficient (Wildman–Crippen LogP) is 2.70. The first-order chi connectivity index (χ1) is 6.81. The lowest BCUT2D eigenvalue weighted by Crippen LogP contribution is -1.91. The Hall–Kier alpha value is -1.22. The van der Waals surface area contributed by atoms with Gasteiger partial charge in [0.2, 0.25) is 0 Å². The van der Waals surface area contributed by atoms with Crippen molar-refractivity contribution in [3.05, 3.63) is 35.2 Å². The van der Waals surface area contributed by atoms with E-state index in [0.29, 0.717) is 6.42 Å². The van der Waals surface area contributed by atoms with E-state index in [1.165, 1.54) is 11.8 Å². The summed E-state index contributed by atoms with van der Waals surface area (Å²) in [6.07, 6.45) is 0.505. The fourth-order valence-corrected chi connectivity index (χ4v) is 2.17. The summed E-state index contributed by atoms with van der Waals surface area (Å²) in [6.45, 7) is 0. The number of para-hydroxylation sites is 1. The highest BCUT2D eigenvalue weighted by Gasteiger charge is 2.17. The highest BCUT2D eigenvalue weighted by atomic mass is 32.2. The molecule has 0 bridgehead atoms. The SMILES string of the molecule is COc1ccccc1C1=CSC(=O)C1. The minimum atomic E-state index is 0.200. The van der Waals surface area contributed by atoms with Gasteiger partial charge in [0, 0.05) is 12.0 Å². The molecule has 0 radical (unpaired) electrons. The van der Waals surface area contributed by atoms with Crippen LogP contribution in [-0.2, 0) is 4.79 Å². The number of hydrogen-bond donors (Lipinski definition) is 0. The maximum atomic E-state index is 11.1. The average Bonchev–Trinajstić information content (AvgIpc) is 2.65. The van der Waals surface area contributed by atoms with E-state index in [-0.39, 0.29) is 5.12 Å². The van der Waals surface area contributed by atoms with Gasteiger partial charge in [0.15, 0.2) is 5.12 Å². The molecule has 14 heavy (non-hydrogen) atoms. The molecule has 0 fully saturated rings. The summed E-state index contributed by atoms with van der Waals surface area (Å²) in [4.78, 5) is 11.1. The fourth-order valence-electron chi connectivity index (χ4n) is 1.44. The van der Waals surface area contributed by atoms with Gasteiger partial charge in [0.1, 0.15) is 5.75 Å². The van der Waals surface area contributed by atoms with Gasteiger partial charge in [-0.3, -0.25) is 4.79 Å². The maximum Gasteiger partial charge on any atom is 0.197 e. The molecular formula is C11H10O2S. The van der Waals surface area contributed by atoms with Gasteiger partial charge in [0.25, 0.3) is 0 Å². The second-order valence-electron chi connectivity index (χ2n) is 3.01. The van der Waals surface area contributed by atoms with Crippen molar-refractivity contribution in [3.8, 4) is 5.75 Å². The second kappa shape index (κ2) is 3.88. The molecule has 1 aliphatic heterocycles. The van der Waals surface area contributed by atoms with Crippen molar-refractivity contribution in [2.24, 2.45) is 0 Å². The van der Waals surface area contributed by atoms with Crippen molar-refractivity contribution in [2.45, 2.75) is 6.42 Å². The lowest BCUT2D eigenvalue weighted by Gasteiger charge is -2.07. The van der Waals surface area contributed by atoms with Gasteiger partial charge in [-0.15, -0.1) is 0 Å². The van der Waals surface area contributed by atoms with E-state index in [1.54, 1.807) is 7.11 Å². The van der Waals surface area contributed by atoms with Crippen LogP contribution in [0.15, 0.2) is 29.7 Å². The highest BCUT2D eigenvalue weighted by Crippen LogP contribution is 2.35. The Morgan fingerprint density at radius 3 is 2.79 bits per heavy atom. The standard InChI is InChI=1S/C11H10O2S/c1-13-10-5-3-2-4-9(10)8-6-11(12)14-7-8/h2-5,7H,6H2,1H3. The Morgan fingerprint density at radius 2 is 2.14 bits per heavy atom. The number of carbonyl (C=O) groups is 1. The van der Waals surface area contributed by atoms with Crippen LogP contribution in [0.3, 0.4) is 0 Å². The van der Waals surface area contributed by atoms with Crippen molar-refractivity contribution in [3.63, 3.8) is 0 Å². The molecule has 0 saturated carbocycles. The van der Waals surface area contributed by atoms with Gasteiger partial charge in [-0.2, -0.15) is 0 Å². The summed E-state index contributed by atoms with van der Waals surface area (Å²) in [5.74, 6) is 0.828. The number of allylic oxidation sites excluding steroid dienone is 1. The van der Waals surface area contributed by atoms with Gasteiger partial charge >= 0.3 is 0 Å². The van der Waals surface area contributed by atoms with E-state index in [4.69, 9.17) is 4.74 Å². The zero-order valence-corrected chi connectivity index (χ0v) is 8.64. The van der Waals surface area contributed by atoms with E-state index < -0.39 is 0 Å². The van der Waals surface area contributed by atoms with Crippen LogP contribution in [0.2, 0.25) is 0 Å². The lowest BCUT2D eigenvalue weighted by molar-refractivity contribution is -0.109. The van der Waals surface area contributed by atoms with Gasteiger partial charge in [-0.05, 0) is 17.0 Å². The van der Waals surface area contributed by atoms with Gasteiger partial charge in [-0.1, -0.05) is 30.0 Å². The Morgan fingerprint density at radius 1 is 1.36 bits per heavy atom. The number of hydrogen-bond acceptors (Lipinski definition) is 3. The summed E-state index contributed by atoms with van der Waals surface area (Å²) < 4.78 is 5.23. The van der Waals surface area contributed by atoms with Crippen LogP contribution in [-0.4, -0.2) is 12.2 Å². The van der Waals surface area contributed by atoms with Crippen molar-refractivity contribution in [1.82, 2.24) is 0 Å². The molecular weight excluding hydrogens is 196 g/mol. The molecule has 0 atom stereocenters. The van der Waals surface area contributed by atoms with E-state index in [2.05, 4.69) is 0 Å². The number of benzene rings is 1. The number of thioether (sulfide) groups is 1. The van der Waals surface area contributed by atoms with Crippen molar-refractivity contribution >= 4 is 22.5 Å². The molecule has 1 aromatic carbocycles. The van der Waals surface area contributed by atoms with Crippen LogP contribution in [0, 0.1) is 0 Å². The normalized spacial score (nSPS) is 15.5. The second-order valence-corrected chi connectivity index (χ2v) is 3.94. The molecule has 2 nitrogen and oxygen atoms in total. The molecule has 3 heteroatoms. The first-order valence-corrected chi connectivity index (χ1v) is 5.21. The molecule has 0 saturated heterocycles. The largest absolute Gasteiger partial charge is 0.496 e. The van der Waals surface area contributed by atoms with Crippen LogP contribution in [0.1, 0.15) is 12.0 Å². The number of carbonyl (C=O) groups excluding carboxylic acids is 1. The van der Waals surface area contributed by atoms with E-state index in [9.17, 15) is 4.79 Å². The summed E-state index contributed by atoms with van der Waals surface area (Å²) in [6, 6.07) is 7.76. The highest BCUT2D eigenvalue weighted by molar-refractivity contribution is 8.16. The van der Waals surface area contributed by atoms with E-state index in [0.717, 1.165) is 16.9 Å². The Kier molecular flexibility index (Phi) is 2.59. The van der Waals surface area contributed by atoms with Crippen molar-refractivity contribution in [1.29, 1.82) is 0 Å². The maximum absolute atomic E-state index is 11.1. The van der Waals surface area contributed by atoms with Crippen molar-refractivity contribution < 1.29 is 9.53 Å². The molecule has 1 aliphatic rings. The molecule has 2 rings (SSSR count). The number of methoxy groups -OCH3 is 1. The van der Waals surface area contributed by atoms with Crippen LogP contribution in [0.4, 0.5) is 0 Å². The smallest absolute Gasteiger partial charge is 0.197 e. The third-order valence-corrected chi connectivity index (χ3v) is 2.93. The molecule has 0 N–H and O–H groups in total. The van der Waals surface area contributed by atoms with Gasteiger partial charge in [0.05, 0.1) is 7.11 Å². The monoisotopic (exact) mass is 206 g/mol. The minimum absolute atomic E-state index is 0.200. The molecule has 72 valence electrons. The number of rotatable bonds is 2. The summed E-state index contributed by atoms with van der Waals surface area (Å²) >= 11 is 1.26. The lowest BCUT2D eigenvalue weighted by atomic mass is 10.0. The summed E-state index contributed by atoms with van der Waals surface area (Å²) in [5.41, 5.74) is 2.07. The molecule has 0 amide bonds. The first-order valence-electron chi connectivity index (χ1n) is 4.33. The van der Waals surface area contributed by atoms with Crippen LogP contribution in [0.5, 0.6) is 5.75 Å². The fraction of sp³-hybridized carbons (Fsp3) is 0.182. The predicted molar refractivity (Wildman–Crippen MR) is 58.2 cm³/mol. The average molecular weight is 206 g/mol. The quantitative estimate of drug-likeness (QED) is 0.744. The minimum Gasteiger partial charge on any atom is -0.496 e. The van der Waals surface area contributed by atoms with Gasteiger partial charge < -0.3 is 4.74 Å². The van der Waals surface area contributed by atoms with Crippen LogP contribution in [0.25, 0.3) is 5.57 Å². The Labute approximate surface area is 87.0 Å². The molecule has 1 aromatic rings. The van der Waals surface area contributed by atoms with E-state index >= 15 is 0 Å². The first kappa shape index (κ1) is 9.34. The third kappa shape index (κ3) is 1.68. The number of ether oxygens (including phenoxy) is 1.